The standard InChI is InChI=1S/C15H13ClN2O2S/c1-11-6-7-12(9-17)8-15(11)21(19,20)18-10-13-4-2-3-5-14(13)16/h2-8,18H,10H2,1H3. The van der Waals surface area contributed by atoms with Crippen molar-refractivity contribution < 1.29 is 8.42 Å². The Morgan fingerprint density at radius 3 is 2.62 bits per heavy atom. The second-order valence-electron chi connectivity index (χ2n) is 4.51. The van der Waals surface area contributed by atoms with Gasteiger partial charge >= 0.3 is 0 Å². The summed E-state index contributed by atoms with van der Waals surface area (Å²) in [6.45, 7) is 1.78. The van der Waals surface area contributed by atoms with E-state index in [0.29, 0.717) is 21.7 Å². The van der Waals surface area contributed by atoms with E-state index in [1.807, 2.05) is 6.07 Å². The Balaban J connectivity index is 2.28. The van der Waals surface area contributed by atoms with Gasteiger partial charge in [0.2, 0.25) is 10.0 Å². The zero-order chi connectivity index (χ0) is 15.5. The number of benzene rings is 2. The fourth-order valence-electron chi connectivity index (χ4n) is 1.85. The van der Waals surface area contributed by atoms with Gasteiger partial charge in [-0.15, -0.1) is 0 Å². The third-order valence-electron chi connectivity index (χ3n) is 3.02. The molecule has 2 aromatic rings. The molecule has 0 unspecified atom stereocenters. The van der Waals surface area contributed by atoms with Crippen LogP contribution in [0.25, 0.3) is 0 Å². The van der Waals surface area contributed by atoms with E-state index in [2.05, 4.69) is 4.72 Å². The summed E-state index contributed by atoms with van der Waals surface area (Å²) in [5.74, 6) is 0. The summed E-state index contributed by atoms with van der Waals surface area (Å²) in [6.07, 6.45) is 0. The van der Waals surface area contributed by atoms with E-state index in [1.54, 1.807) is 43.3 Å². The Labute approximate surface area is 129 Å². The second-order valence-corrected chi connectivity index (χ2v) is 6.65. The number of rotatable bonds is 4. The van der Waals surface area contributed by atoms with E-state index >= 15 is 0 Å². The van der Waals surface area contributed by atoms with Crippen molar-refractivity contribution in [1.29, 1.82) is 5.26 Å². The van der Waals surface area contributed by atoms with Crippen molar-refractivity contribution in [2.24, 2.45) is 0 Å². The Morgan fingerprint density at radius 1 is 1.24 bits per heavy atom. The number of aryl methyl sites for hydroxylation is 1. The molecule has 0 atom stereocenters. The Hall–Kier alpha value is -1.87. The number of hydrogen-bond donors (Lipinski definition) is 1. The van der Waals surface area contributed by atoms with Crippen LogP contribution in [-0.2, 0) is 16.6 Å². The number of sulfonamides is 1. The molecule has 0 spiro atoms. The number of hydrogen-bond acceptors (Lipinski definition) is 3. The third kappa shape index (κ3) is 3.61. The van der Waals surface area contributed by atoms with E-state index in [4.69, 9.17) is 16.9 Å². The first-order valence-electron chi connectivity index (χ1n) is 6.18. The maximum Gasteiger partial charge on any atom is 0.241 e. The Morgan fingerprint density at radius 2 is 1.95 bits per heavy atom. The summed E-state index contributed by atoms with van der Waals surface area (Å²) >= 11 is 6.00. The van der Waals surface area contributed by atoms with E-state index in [0.717, 1.165) is 0 Å². The van der Waals surface area contributed by atoms with E-state index < -0.39 is 10.0 Å². The molecule has 0 aliphatic carbocycles. The molecule has 0 bridgehead atoms. The number of halogens is 1. The molecule has 0 radical (unpaired) electrons. The average molecular weight is 321 g/mol. The number of nitrogens with one attached hydrogen (secondary N) is 1. The van der Waals surface area contributed by atoms with Crippen LogP contribution in [0.5, 0.6) is 0 Å². The number of nitriles is 1. The molecule has 108 valence electrons. The predicted molar refractivity (Wildman–Crippen MR) is 81.4 cm³/mol. The molecule has 21 heavy (non-hydrogen) atoms. The molecule has 0 heterocycles. The van der Waals surface area contributed by atoms with Crippen molar-refractivity contribution >= 4 is 21.6 Å². The monoisotopic (exact) mass is 320 g/mol. The fourth-order valence-corrected chi connectivity index (χ4v) is 3.33. The highest BCUT2D eigenvalue weighted by molar-refractivity contribution is 7.89. The topological polar surface area (TPSA) is 70.0 Å². The first-order valence-corrected chi connectivity index (χ1v) is 8.04. The highest BCUT2D eigenvalue weighted by Gasteiger charge is 2.17. The summed E-state index contributed by atoms with van der Waals surface area (Å²) in [5.41, 5.74) is 1.58. The predicted octanol–water partition coefficient (Wildman–Crippen LogP) is 3.00. The van der Waals surface area contributed by atoms with Crippen LogP contribution in [0.1, 0.15) is 16.7 Å². The van der Waals surface area contributed by atoms with E-state index in [-0.39, 0.29) is 11.4 Å². The van der Waals surface area contributed by atoms with Gasteiger partial charge in [-0.2, -0.15) is 5.26 Å². The molecule has 0 aliphatic heterocycles. The van der Waals surface area contributed by atoms with E-state index in [1.165, 1.54) is 6.07 Å². The zero-order valence-electron chi connectivity index (χ0n) is 11.3. The first-order chi connectivity index (χ1) is 9.94. The van der Waals surface area contributed by atoms with Crippen LogP contribution >= 0.6 is 11.6 Å². The van der Waals surface area contributed by atoms with Crippen molar-refractivity contribution in [1.82, 2.24) is 4.72 Å². The largest absolute Gasteiger partial charge is 0.241 e. The maximum absolute atomic E-state index is 12.3. The molecular formula is C15H13ClN2O2S. The van der Waals surface area contributed by atoms with Gasteiger partial charge in [0, 0.05) is 11.6 Å². The van der Waals surface area contributed by atoms with Gasteiger partial charge in [-0.3, -0.25) is 0 Å². The molecule has 2 aromatic carbocycles. The lowest BCUT2D eigenvalue weighted by atomic mass is 10.2. The van der Waals surface area contributed by atoms with Crippen molar-refractivity contribution in [3.8, 4) is 6.07 Å². The molecule has 0 amide bonds. The normalized spacial score (nSPS) is 11.1. The zero-order valence-corrected chi connectivity index (χ0v) is 12.9. The smallest absolute Gasteiger partial charge is 0.207 e. The summed E-state index contributed by atoms with van der Waals surface area (Å²) in [6, 6.07) is 13.5. The van der Waals surface area contributed by atoms with Gasteiger partial charge in [-0.1, -0.05) is 35.9 Å². The van der Waals surface area contributed by atoms with E-state index in [9.17, 15) is 8.42 Å². The van der Waals surface area contributed by atoms with Crippen LogP contribution < -0.4 is 4.72 Å². The van der Waals surface area contributed by atoms with Crippen LogP contribution in [-0.4, -0.2) is 8.42 Å². The van der Waals surface area contributed by atoms with Gasteiger partial charge in [0.25, 0.3) is 0 Å². The minimum atomic E-state index is -3.70. The van der Waals surface area contributed by atoms with Gasteiger partial charge < -0.3 is 0 Å². The van der Waals surface area contributed by atoms with Crippen molar-refractivity contribution in [3.63, 3.8) is 0 Å². The van der Waals surface area contributed by atoms with Crippen molar-refractivity contribution in [3.05, 3.63) is 64.2 Å². The van der Waals surface area contributed by atoms with Crippen molar-refractivity contribution in [2.75, 3.05) is 0 Å². The summed E-state index contributed by atoms with van der Waals surface area (Å²) in [7, 11) is -3.70. The van der Waals surface area contributed by atoms with Gasteiger partial charge in [0.1, 0.15) is 0 Å². The SMILES string of the molecule is Cc1ccc(C#N)cc1S(=O)(=O)NCc1ccccc1Cl. The second kappa shape index (κ2) is 6.27. The van der Waals surface area contributed by atoms with Gasteiger partial charge in [-0.05, 0) is 36.2 Å². The highest BCUT2D eigenvalue weighted by Crippen LogP contribution is 2.19. The number of nitrogens with zero attached hydrogens (tertiary/aromatic N) is 1. The molecule has 1 N–H and O–H groups in total. The maximum atomic E-state index is 12.3. The minimum absolute atomic E-state index is 0.0955. The summed E-state index contributed by atoms with van der Waals surface area (Å²) < 4.78 is 27.2. The van der Waals surface area contributed by atoms with Crippen LogP contribution in [0, 0.1) is 18.3 Å². The lowest BCUT2D eigenvalue weighted by Crippen LogP contribution is -2.24. The molecule has 0 aromatic heterocycles. The minimum Gasteiger partial charge on any atom is -0.207 e. The van der Waals surface area contributed by atoms with Crippen LogP contribution in [0.2, 0.25) is 5.02 Å². The fraction of sp³-hybridized carbons (Fsp3) is 0.133. The Kier molecular flexibility index (Phi) is 4.63. The molecule has 6 heteroatoms. The first kappa shape index (κ1) is 15.5. The van der Waals surface area contributed by atoms with Crippen LogP contribution in [0.15, 0.2) is 47.4 Å². The highest BCUT2D eigenvalue weighted by atomic mass is 35.5. The summed E-state index contributed by atoms with van der Waals surface area (Å²) in [4.78, 5) is 0.105. The molecule has 0 aliphatic rings. The molecule has 2 rings (SSSR count). The average Bonchev–Trinajstić information content (AvgIpc) is 2.47. The molecule has 0 saturated heterocycles. The molecular weight excluding hydrogens is 308 g/mol. The van der Waals surface area contributed by atoms with Gasteiger partial charge in [0.05, 0.1) is 16.5 Å². The van der Waals surface area contributed by atoms with Gasteiger partial charge in [-0.25, -0.2) is 13.1 Å². The molecule has 0 fully saturated rings. The molecule has 4 nitrogen and oxygen atoms in total. The lowest BCUT2D eigenvalue weighted by Gasteiger charge is -2.10. The summed E-state index contributed by atoms with van der Waals surface area (Å²) in [5, 5.41) is 9.38. The van der Waals surface area contributed by atoms with Crippen LogP contribution in [0.3, 0.4) is 0 Å². The van der Waals surface area contributed by atoms with Crippen molar-refractivity contribution in [2.45, 2.75) is 18.4 Å². The quantitative estimate of drug-likeness (QED) is 0.941. The lowest BCUT2D eigenvalue weighted by molar-refractivity contribution is 0.580. The third-order valence-corrected chi connectivity index (χ3v) is 4.93. The van der Waals surface area contributed by atoms with Gasteiger partial charge in [0.15, 0.2) is 0 Å². The molecule has 0 saturated carbocycles. The van der Waals surface area contributed by atoms with Crippen LogP contribution in [0.4, 0.5) is 0 Å². The Bertz CT molecular complexity index is 811.